The summed E-state index contributed by atoms with van der Waals surface area (Å²) in [5, 5.41) is 10.4. The van der Waals surface area contributed by atoms with Crippen molar-refractivity contribution >= 4 is 12.0 Å². The molecule has 2 aromatic carbocycles. The van der Waals surface area contributed by atoms with Crippen molar-refractivity contribution < 1.29 is 19.1 Å². The second-order valence-corrected chi connectivity index (χ2v) is 7.88. The number of hydrogen-bond acceptors (Lipinski definition) is 5. The Bertz CT molecular complexity index is 1200. The lowest BCUT2D eigenvalue weighted by Gasteiger charge is -2.27. The smallest absolute Gasteiger partial charge is 0.338 e. The van der Waals surface area contributed by atoms with Crippen LogP contribution in [0.4, 0.5) is 4.79 Å². The first kappa shape index (κ1) is 23.1. The molecule has 2 N–H and O–H groups in total. The van der Waals surface area contributed by atoms with E-state index in [0.29, 0.717) is 29.1 Å². The van der Waals surface area contributed by atoms with E-state index in [0.717, 1.165) is 23.4 Å². The number of aromatic nitrogens is 2. The van der Waals surface area contributed by atoms with Crippen LogP contribution < -0.4 is 15.4 Å². The molecule has 0 bridgehead atoms. The van der Waals surface area contributed by atoms with Crippen molar-refractivity contribution in [2.75, 3.05) is 13.2 Å². The normalized spacial score (nSPS) is 15.5. The number of benzene rings is 2. The maximum absolute atomic E-state index is 12.9. The van der Waals surface area contributed by atoms with Crippen LogP contribution in [-0.2, 0) is 9.53 Å². The number of nitrogens with zero attached hydrogens (tertiary/aromatic N) is 2. The van der Waals surface area contributed by atoms with E-state index in [1.54, 1.807) is 18.5 Å². The second kappa shape index (κ2) is 10.2. The van der Waals surface area contributed by atoms with Gasteiger partial charge in [-0.05, 0) is 56.7 Å². The first-order valence-corrected chi connectivity index (χ1v) is 11.4. The van der Waals surface area contributed by atoms with Gasteiger partial charge in [-0.1, -0.05) is 25.1 Å². The number of urea groups is 1. The zero-order valence-electron chi connectivity index (χ0n) is 19.5. The Kier molecular flexibility index (Phi) is 6.96. The molecule has 0 fully saturated rings. The van der Waals surface area contributed by atoms with Gasteiger partial charge in [-0.3, -0.25) is 0 Å². The molecule has 2 heterocycles. The van der Waals surface area contributed by atoms with Crippen LogP contribution >= 0.6 is 0 Å². The summed E-state index contributed by atoms with van der Waals surface area (Å²) in [4.78, 5) is 25.3. The minimum atomic E-state index is -0.726. The molecule has 0 spiro atoms. The third kappa shape index (κ3) is 4.80. The molecule has 0 saturated heterocycles. The average molecular weight is 461 g/mol. The van der Waals surface area contributed by atoms with Crippen molar-refractivity contribution in [2.45, 2.75) is 33.2 Å². The maximum Gasteiger partial charge on any atom is 0.338 e. The summed E-state index contributed by atoms with van der Waals surface area (Å²) in [5.74, 6) is 0.284. The SMILES string of the molecule is CCCOc1ccc(-c2nn(-c3ccccc3)cc2C2NC(=O)NC(C)=C2C(=O)OCC)cc1. The van der Waals surface area contributed by atoms with Gasteiger partial charge < -0.3 is 20.1 Å². The molecule has 0 radical (unpaired) electrons. The predicted molar refractivity (Wildman–Crippen MR) is 129 cm³/mol. The molecule has 1 atom stereocenters. The van der Waals surface area contributed by atoms with Gasteiger partial charge in [0.1, 0.15) is 5.75 Å². The van der Waals surface area contributed by atoms with Gasteiger partial charge in [0.25, 0.3) is 0 Å². The van der Waals surface area contributed by atoms with Gasteiger partial charge in [0.2, 0.25) is 0 Å². The van der Waals surface area contributed by atoms with E-state index in [2.05, 4.69) is 17.6 Å². The van der Waals surface area contributed by atoms with Gasteiger partial charge in [-0.15, -0.1) is 0 Å². The lowest BCUT2D eigenvalue weighted by atomic mass is 9.94. The molecule has 1 aromatic heterocycles. The van der Waals surface area contributed by atoms with Crippen LogP contribution in [0.1, 0.15) is 38.8 Å². The van der Waals surface area contributed by atoms with Gasteiger partial charge in [-0.25, -0.2) is 14.3 Å². The molecular weight excluding hydrogens is 432 g/mol. The average Bonchev–Trinajstić information content (AvgIpc) is 3.29. The third-order valence-electron chi connectivity index (χ3n) is 5.44. The van der Waals surface area contributed by atoms with Crippen molar-refractivity contribution in [2.24, 2.45) is 0 Å². The number of hydrogen-bond donors (Lipinski definition) is 2. The minimum absolute atomic E-state index is 0.228. The van der Waals surface area contributed by atoms with Crippen LogP contribution in [0.15, 0.2) is 72.1 Å². The molecule has 2 amide bonds. The van der Waals surface area contributed by atoms with E-state index in [9.17, 15) is 9.59 Å². The van der Waals surface area contributed by atoms with E-state index in [1.165, 1.54) is 0 Å². The molecule has 3 aromatic rings. The molecule has 176 valence electrons. The molecule has 0 aliphatic carbocycles. The van der Waals surface area contributed by atoms with Gasteiger partial charge in [0, 0.05) is 23.0 Å². The fourth-order valence-corrected chi connectivity index (χ4v) is 3.87. The molecule has 1 unspecified atom stereocenters. The maximum atomic E-state index is 12.9. The van der Waals surface area contributed by atoms with Gasteiger partial charge >= 0.3 is 12.0 Å². The van der Waals surface area contributed by atoms with Gasteiger partial charge in [-0.2, -0.15) is 5.10 Å². The number of para-hydroxylation sites is 1. The minimum Gasteiger partial charge on any atom is -0.494 e. The number of carbonyl (C=O) groups is 2. The van der Waals surface area contributed by atoms with Crippen LogP contribution in [0.3, 0.4) is 0 Å². The fourth-order valence-electron chi connectivity index (χ4n) is 3.87. The highest BCUT2D eigenvalue weighted by Crippen LogP contribution is 2.35. The van der Waals surface area contributed by atoms with E-state index in [-0.39, 0.29) is 6.61 Å². The molecule has 34 heavy (non-hydrogen) atoms. The monoisotopic (exact) mass is 460 g/mol. The van der Waals surface area contributed by atoms with Crippen molar-refractivity contribution in [1.29, 1.82) is 0 Å². The van der Waals surface area contributed by atoms with Crippen LogP contribution in [0.25, 0.3) is 16.9 Å². The Morgan fingerprint density at radius 1 is 1.09 bits per heavy atom. The Morgan fingerprint density at radius 3 is 2.50 bits per heavy atom. The Labute approximate surface area is 198 Å². The van der Waals surface area contributed by atoms with Crippen molar-refractivity contribution in [1.82, 2.24) is 20.4 Å². The Hall–Kier alpha value is -4.07. The number of esters is 1. The first-order valence-electron chi connectivity index (χ1n) is 11.4. The number of rotatable bonds is 8. The molecule has 1 aliphatic rings. The van der Waals surface area contributed by atoms with E-state index < -0.39 is 18.0 Å². The number of amides is 2. The lowest BCUT2D eigenvalue weighted by molar-refractivity contribution is -0.139. The highest BCUT2D eigenvalue weighted by molar-refractivity contribution is 5.95. The first-order chi connectivity index (χ1) is 16.5. The summed E-state index contributed by atoms with van der Waals surface area (Å²) in [6.45, 7) is 6.37. The molecule has 4 rings (SSSR count). The number of nitrogens with one attached hydrogen (secondary N) is 2. The van der Waals surface area contributed by atoms with E-state index >= 15 is 0 Å². The highest BCUT2D eigenvalue weighted by atomic mass is 16.5. The van der Waals surface area contributed by atoms with Crippen LogP contribution in [0.2, 0.25) is 0 Å². The molecule has 8 heteroatoms. The van der Waals surface area contributed by atoms with E-state index in [1.807, 2.05) is 60.8 Å². The highest BCUT2D eigenvalue weighted by Gasteiger charge is 2.35. The topological polar surface area (TPSA) is 94.5 Å². The molecular formula is C26H28N4O4. The summed E-state index contributed by atoms with van der Waals surface area (Å²) >= 11 is 0. The van der Waals surface area contributed by atoms with Gasteiger partial charge in [0.05, 0.1) is 36.2 Å². The lowest BCUT2D eigenvalue weighted by Crippen LogP contribution is -2.45. The Balaban J connectivity index is 1.83. The quantitative estimate of drug-likeness (QED) is 0.482. The number of ether oxygens (including phenoxy) is 2. The summed E-state index contributed by atoms with van der Waals surface area (Å²) in [7, 11) is 0. The standard InChI is InChI=1S/C26H28N4O4/c1-4-15-34-20-13-11-18(12-14-20)23-21(16-30(29-23)19-9-7-6-8-10-19)24-22(25(31)33-5-2)17(3)27-26(32)28-24/h6-14,16,24H,4-5,15H2,1-3H3,(H2,27,28,32). The summed E-state index contributed by atoms with van der Waals surface area (Å²) < 4.78 is 12.8. The fraction of sp³-hybridized carbons (Fsp3) is 0.269. The zero-order chi connectivity index (χ0) is 24.1. The van der Waals surface area contributed by atoms with Crippen molar-refractivity contribution in [3.05, 3.63) is 77.6 Å². The zero-order valence-corrected chi connectivity index (χ0v) is 19.5. The van der Waals surface area contributed by atoms with Crippen molar-refractivity contribution in [3.63, 3.8) is 0 Å². The van der Waals surface area contributed by atoms with Crippen molar-refractivity contribution in [3.8, 4) is 22.7 Å². The summed E-state index contributed by atoms with van der Waals surface area (Å²) in [6.07, 6.45) is 2.76. The predicted octanol–water partition coefficient (Wildman–Crippen LogP) is 4.52. The largest absolute Gasteiger partial charge is 0.494 e. The van der Waals surface area contributed by atoms with Gasteiger partial charge in [0.15, 0.2) is 0 Å². The third-order valence-corrected chi connectivity index (χ3v) is 5.44. The number of allylic oxidation sites excluding steroid dienone is 1. The second-order valence-electron chi connectivity index (χ2n) is 7.88. The molecule has 8 nitrogen and oxygen atoms in total. The summed E-state index contributed by atoms with van der Waals surface area (Å²) in [6, 6.07) is 16.2. The van der Waals surface area contributed by atoms with Crippen LogP contribution in [0, 0.1) is 0 Å². The summed E-state index contributed by atoms with van der Waals surface area (Å²) in [5.41, 5.74) is 3.82. The number of carbonyl (C=O) groups excluding carboxylic acids is 2. The Morgan fingerprint density at radius 2 is 1.82 bits per heavy atom. The van der Waals surface area contributed by atoms with Crippen LogP contribution in [0.5, 0.6) is 5.75 Å². The molecule has 1 aliphatic heterocycles. The van der Waals surface area contributed by atoms with E-state index in [4.69, 9.17) is 14.6 Å². The molecule has 0 saturated carbocycles. The van der Waals surface area contributed by atoms with Crippen LogP contribution in [-0.4, -0.2) is 35.0 Å².